The molecule has 2 fully saturated rings. The van der Waals surface area contributed by atoms with Gasteiger partial charge in [-0.1, -0.05) is 0 Å². The number of hydrogen-bond donors (Lipinski definition) is 1. The Balaban J connectivity index is 0.000000720. The van der Waals surface area contributed by atoms with E-state index in [4.69, 9.17) is 0 Å². The second-order valence-electron chi connectivity index (χ2n) is 3.88. The number of likely N-dealkylation sites (tertiary alicyclic amines) is 1. The molecular formula is C9H19ClN2. The van der Waals surface area contributed by atoms with Gasteiger partial charge in [-0.2, -0.15) is 0 Å². The van der Waals surface area contributed by atoms with E-state index < -0.39 is 0 Å². The van der Waals surface area contributed by atoms with Crippen LogP contribution in [0.5, 0.6) is 0 Å². The molecular weight excluding hydrogens is 172 g/mol. The maximum absolute atomic E-state index is 3.43. The Hall–Kier alpha value is 0.210. The standard InChI is InChI=1S/C9H18N2.ClH/c1-8-3-2-6-11(8)9-4-5-10-7-9;/h8-10H,2-7H2,1H3;1H/t8-,9-;/m1./s1. The van der Waals surface area contributed by atoms with E-state index in [-0.39, 0.29) is 12.4 Å². The van der Waals surface area contributed by atoms with Crippen LogP contribution in [0.25, 0.3) is 0 Å². The highest BCUT2D eigenvalue weighted by molar-refractivity contribution is 5.85. The van der Waals surface area contributed by atoms with Crippen molar-refractivity contribution >= 4 is 12.4 Å². The summed E-state index contributed by atoms with van der Waals surface area (Å²) in [5.74, 6) is 0. The van der Waals surface area contributed by atoms with Crippen molar-refractivity contribution in [2.24, 2.45) is 0 Å². The van der Waals surface area contributed by atoms with E-state index >= 15 is 0 Å². The second kappa shape index (κ2) is 4.45. The summed E-state index contributed by atoms with van der Waals surface area (Å²) in [5, 5.41) is 3.43. The van der Waals surface area contributed by atoms with Gasteiger partial charge in [0.2, 0.25) is 0 Å². The molecule has 2 aliphatic heterocycles. The highest BCUT2D eigenvalue weighted by Gasteiger charge is 2.29. The van der Waals surface area contributed by atoms with Crippen molar-refractivity contribution in [3.8, 4) is 0 Å². The summed E-state index contributed by atoms with van der Waals surface area (Å²) in [6, 6.07) is 1.70. The van der Waals surface area contributed by atoms with Gasteiger partial charge in [0, 0.05) is 18.6 Å². The molecule has 2 nitrogen and oxygen atoms in total. The summed E-state index contributed by atoms with van der Waals surface area (Å²) in [7, 11) is 0. The molecule has 0 spiro atoms. The molecule has 0 aromatic rings. The first kappa shape index (κ1) is 10.3. The molecule has 0 bridgehead atoms. The summed E-state index contributed by atoms with van der Waals surface area (Å²) in [4.78, 5) is 2.68. The van der Waals surface area contributed by atoms with Crippen LogP contribution in [0.4, 0.5) is 0 Å². The second-order valence-corrected chi connectivity index (χ2v) is 3.88. The van der Waals surface area contributed by atoms with Crippen molar-refractivity contribution in [3.05, 3.63) is 0 Å². The maximum atomic E-state index is 3.43. The van der Waals surface area contributed by atoms with Crippen LogP contribution in [0, 0.1) is 0 Å². The molecule has 2 saturated heterocycles. The molecule has 0 amide bonds. The molecule has 0 aromatic carbocycles. The van der Waals surface area contributed by atoms with E-state index in [9.17, 15) is 0 Å². The fourth-order valence-electron chi connectivity index (χ4n) is 2.42. The molecule has 3 heteroatoms. The number of nitrogens with one attached hydrogen (secondary N) is 1. The SMILES string of the molecule is C[C@@H]1CCCN1[C@@H]1CCNC1.Cl. The first-order valence-corrected chi connectivity index (χ1v) is 4.84. The predicted octanol–water partition coefficient (Wildman–Crippen LogP) is 1.25. The van der Waals surface area contributed by atoms with Gasteiger partial charge in [0.25, 0.3) is 0 Å². The smallest absolute Gasteiger partial charge is 0.0235 e. The van der Waals surface area contributed by atoms with E-state index in [0.717, 1.165) is 12.1 Å². The van der Waals surface area contributed by atoms with E-state index in [0.29, 0.717) is 0 Å². The van der Waals surface area contributed by atoms with E-state index in [1.165, 1.54) is 38.9 Å². The molecule has 0 saturated carbocycles. The zero-order valence-corrected chi connectivity index (χ0v) is 8.57. The Morgan fingerprint density at radius 2 is 2.17 bits per heavy atom. The zero-order valence-electron chi connectivity index (χ0n) is 7.75. The largest absolute Gasteiger partial charge is 0.315 e. The Morgan fingerprint density at radius 3 is 2.67 bits per heavy atom. The topological polar surface area (TPSA) is 15.3 Å². The van der Waals surface area contributed by atoms with Gasteiger partial charge < -0.3 is 5.32 Å². The Morgan fingerprint density at radius 1 is 1.33 bits per heavy atom. The minimum Gasteiger partial charge on any atom is -0.315 e. The first-order chi connectivity index (χ1) is 5.38. The minimum atomic E-state index is 0. The quantitative estimate of drug-likeness (QED) is 0.670. The van der Waals surface area contributed by atoms with Crippen LogP contribution in [0.15, 0.2) is 0 Å². The number of halogens is 1. The molecule has 0 aromatic heterocycles. The van der Waals surface area contributed by atoms with Crippen LogP contribution in [0.2, 0.25) is 0 Å². The summed E-state index contributed by atoms with van der Waals surface area (Å²) in [6.45, 7) is 6.16. The molecule has 2 aliphatic rings. The van der Waals surface area contributed by atoms with Gasteiger partial charge in [0.15, 0.2) is 0 Å². The van der Waals surface area contributed by atoms with Crippen LogP contribution in [-0.4, -0.2) is 36.6 Å². The van der Waals surface area contributed by atoms with Gasteiger partial charge in [0.1, 0.15) is 0 Å². The van der Waals surface area contributed by atoms with Gasteiger partial charge in [0.05, 0.1) is 0 Å². The van der Waals surface area contributed by atoms with Crippen molar-refractivity contribution in [1.82, 2.24) is 10.2 Å². The Kier molecular flexibility index (Phi) is 3.81. The fourth-order valence-corrected chi connectivity index (χ4v) is 2.42. The molecule has 2 rings (SSSR count). The lowest BCUT2D eigenvalue weighted by Crippen LogP contribution is -2.38. The van der Waals surface area contributed by atoms with Crippen LogP contribution in [0.1, 0.15) is 26.2 Å². The fraction of sp³-hybridized carbons (Fsp3) is 1.00. The summed E-state index contributed by atoms with van der Waals surface area (Å²) in [5.41, 5.74) is 0. The number of hydrogen-bond acceptors (Lipinski definition) is 2. The molecule has 0 aliphatic carbocycles. The monoisotopic (exact) mass is 190 g/mol. The normalized spacial score (nSPS) is 36.8. The predicted molar refractivity (Wildman–Crippen MR) is 53.9 cm³/mol. The Labute approximate surface area is 81.1 Å². The Bertz CT molecular complexity index is 134. The van der Waals surface area contributed by atoms with Gasteiger partial charge in [-0.15, -0.1) is 12.4 Å². The third-order valence-electron chi connectivity index (χ3n) is 3.11. The molecule has 0 radical (unpaired) electrons. The number of rotatable bonds is 1. The van der Waals surface area contributed by atoms with Crippen LogP contribution in [-0.2, 0) is 0 Å². The molecule has 0 unspecified atom stereocenters. The maximum Gasteiger partial charge on any atom is 0.0235 e. The van der Waals surface area contributed by atoms with Gasteiger partial charge in [-0.3, -0.25) is 4.90 Å². The average Bonchev–Trinajstić information content (AvgIpc) is 2.55. The molecule has 1 N–H and O–H groups in total. The van der Waals surface area contributed by atoms with Crippen LogP contribution >= 0.6 is 12.4 Å². The number of nitrogens with zero attached hydrogens (tertiary/aromatic N) is 1. The van der Waals surface area contributed by atoms with E-state index in [1.54, 1.807) is 0 Å². The van der Waals surface area contributed by atoms with Crippen molar-refractivity contribution in [3.63, 3.8) is 0 Å². The van der Waals surface area contributed by atoms with Crippen molar-refractivity contribution < 1.29 is 0 Å². The molecule has 72 valence electrons. The molecule has 2 heterocycles. The zero-order chi connectivity index (χ0) is 7.68. The molecule has 12 heavy (non-hydrogen) atoms. The van der Waals surface area contributed by atoms with Gasteiger partial charge in [-0.05, 0) is 39.3 Å². The molecule has 2 atom stereocenters. The summed E-state index contributed by atoms with van der Waals surface area (Å²) < 4.78 is 0. The third kappa shape index (κ3) is 1.93. The van der Waals surface area contributed by atoms with Crippen LogP contribution < -0.4 is 5.32 Å². The third-order valence-corrected chi connectivity index (χ3v) is 3.11. The summed E-state index contributed by atoms with van der Waals surface area (Å²) in [6.07, 6.45) is 4.19. The lowest BCUT2D eigenvalue weighted by molar-refractivity contribution is 0.202. The van der Waals surface area contributed by atoms with Crippen molar-refractivity contribution in [1.29, 1.82) is 0 Å². The van der Waals surface area contributed by atoms with Gasteiger partial charge >= 0.3 is 0 Å². The highest BCUT2D eigenvalue weighted by Crippen LogP contribution is 2.21. The minimum absolute atomic E-state index is 0. The van der Waals surface area contributed by atoms with E-state index in [1.807, 2.05) is 0 Å². The van der Waals surface area contributed by atoms with Crippen LogP contribution in [0.3, 0.4) is 0 Å². The van der Waals surface area contributed by atoms with Crippen molar-refractivity contribution in [2.45, 2.75) is 38.3 Å². The van der Waals surface area contributed by atoms with Gasteiger partial charge in [-0.25, -0.2) is 0 Å². The van der Waals surface area contributed by atoms with Crippen molar-refractivity contribution in [2.75, 3.05) is 19.6 Å². The first-order valence-electron chi connectivity index (χ1n) is 4.84. The highest BCUT2D eigenvalue weighted by atomic mass is 35.5. The lowest BCUT2D eigenvalue weighted by atomic mass is 10.2. The van der Waals surface area contributed by atoms with E-state index in [2.05, 4.69) is 17.1 Å². The lowest BCUT2D eigenvalue weighted by Gasteiger charge is -2.27. The summed E-state index contributed by atoms with van der Waals surface area (Å²) >= 11 is 0. The average molecular weight is 191 g/mol.